The second-order valence-corrected chi connectivity index (χ2v) is 9.50. The molecule has 0 atom stereocenters. The number of carbonyl (C=O) groups excluding carboxylic acids is 1. The molecule has 10 heteroatoms. The third-order valence-corrected chi connectivity index (χ3v) is 7.14. The van der Waals surface area contributed by atoms with Crippen LogP contribution in [0.3, 0.4) is 0 Å². The Kier molecular flexibility index (Phi) is 5.43. The molecule has 1 aliphatic heterocycles. The zero-order valence-corrected chi connectivity index (χ0v) is 20.5. The van der Waals surface area contributed by atoms with E-state index in [1.54, 1.807) is 29.9 Å². The molecule has 0 spiro atoms. The number of imidazole rings is 1. The molecule has 0 fully saturated rings. The average molecular weight is 516 g/mol. The number of carbonyl (C=O) groups is 1. The summed E-state index contributed by atoms with van der Waals surface area (Å²) in [6.07, 6.45) is 0. The second kappa shape index (κ2) is 8.78. The number of fused-ring (bicyclic) bond motifs is 2. The van der Waals surface area contributed by atoms with Crippen LogP contribution >= 0.6 is 22.9 Å². The van der Waals surface area contributed by atoms with Gasteiger partial charge in [0.25, 0.3) is 5.91 Å². The van der Waals surface area contributed by atoms with Crippen LogP contribution in [0.4, 0.5) is 5.69 Å². The summed E-state index contributed by atoms with van der Waals surface area (Å²) in [5.41, 5.74) is 2.67. The van der Waals surface area contributed by atoms with E-state index in [0.717, 1.165) is 11.0 Å². The molecular formula is C26H18ClN5O3S. The van der Waals surface area contributed by atoms with Crippen LogP contribution in [-0.4, -0.2) is 32.7 Å². The Hall–Kier alpha value is -4.21. The molecule has 0 saturated carbocycles. The van der Waals surface area contributed by atoms with Gasteiger partial charge in [0.1, 0.15) is 16.5 Å². The van der Waals surface area contributed by atoms with Crippen LogP contribution in [0.1, 0.15) is 10.7 Å². The van der Waals surface area contributed by atoms with Crippen molar-refractivity contribution in [2.45, 2.75) is 6.54 Å². The van der Waals surface area contributed by atoms with E-state index in [9.17, 15) is 9.90 Å². The van der Waals surface area contributed by atoms with Gasteiger partial charge in [-0.3, -0.25) is 9.36 Å². The fourth-order valence-corrected chi connectivity index (χ4v) is 5.36. The molecule has 3 heterocycles. The van der Waals surface area contributed by atoms with Crippen LogP contribution in [-0.2, 0) is 11.3 Å². The Balaban J connectivity index is 1.56. The quantitative estimate of drug-likeness (QED) is 0.374. The lowest BCUT2D eigenvalue weighted by Gasteiger charge is -2.04. The summed E-state index contributed by atoms with van der Waals surface area (Å²) in [6, 6.07) is 20.0. The van der Waals surface area contributed by atoms with Gasteiger partial charge in [-0.05, 0) is 54.6 Å². The van der Waals surface area contributed by atoms with E-state index in [1.807, 2.05) is 48.5 Å². The Morgan fingerprint density at radius 3 is 2.72 bits per heavy atom. The predicted octanol–water partition coefficient (Wildman–Crippen LogP) is 3.43. The van der Waals surface area contributed by atoms with Crippen molar-refractivity contribution in [3.63, 3.8) is 0 Å². The summed E-state index contributed by atoms with van der Waals surface area (Å²) >= 11 is 7.41. The highest BCUT2D eigenvalue weighted by Gasteiger charge is 2.26. The first-order valence-electron chi connectivity index (χ1n) is 11.0. The molecule has 1 aliphatic rings. The molecule has 2 N–H and O–H groups in total. The molecule has 0 radical (unpaired) electrons. The smallest absolute Gasteiger partial charge is 0.279 e. The highest BCUT2D eigenvalue weighted by atomic mass is 35.5. The van der Waals surface area contributed by atoms with E-state index >= 15 is 0 Å². The van der Waals surface area contributed by atoms with Gasteiger partial charge in [0, 0.05) is 10.2 Å². The summed E-state index contributed by atoms with van der Waals surface area (Å²) in [7, 11) is 1.60. The van der Waals surface area contributed by atoms with Crippen LogP contribution < -0.4 is 20.1 Å². The summed E-state index contributed by atoms with van der Waals surface area (Å²) in [5, 5.41) is 13.0. The maximum Gasteiger partial charge on any atom is 0.279 e. The third-order valence-electron chi connectivity index (χ3n) is 5.82. The van der Waals surface area contributed by atoms with Crippen molar-refractivity contribution in [2.24, 2.45) is 9.98 Å². The SMILES string of the molecule is COc1ccc(N=c2sc(C3=c4cc(Cl)ccc4=NC3=O)c(O)n2Cc2nc3ccccc3[nH]2)cc1. The lowest BCUT2D eigenvalue weighted by atomic mass is 10.1. The topological polar surface area (TPSA) is 105 Å². The van der Waals surface area contributed by atoms with Gasteiger partial charge in [0.2, 0.25) is 5.88 Å². The number of methoxy groups -OCH3 is 1. The van der Waals surface area contributed by atoms with E-state index in [2.05, 4.69) is 15.0 Å². The Morgan fingerprint density at radius 1 is 1.14 bits per heavy atom. The molecule has 3 aromatic carbocycles. The van der Waals surface area contributed by atoms with Crippen molar-refractivity contribution in [1.29, 1.82) is 0 Å². The number of aromatic amines is 1. The van der Waals surface area contributed by atoms with Crippen LogP contribution in [0.25, 0.3) is 16.6 Å². The second-order valence-electron chi connectivity index (χ2n) is 8.09. The Labute approximate surface area is 213 Å². The molecule has 0 aliphatic carbocycles. The standard InChI is InChI=1S/C26H18ClN5O3S/c1-35-16-9-7-15(8-10-16)28-26-32(13-21-29-19-4-2-3-5-20(19)30-21)25(34)23(36-26)22-17-12-14(27)6-11-18(17)31-24(22)33/h2-12,34H,13H2,1H3,(H,29,30). The number of hydrogen-bond donors (Lipinski definition) is 2. The molecular weight excluding hydrogens is 498 g/mol. The van der Waals surface area contributed by atoms with Crippen molar-refractivity contribution in [3.8, 4) is 11.6 Å². The Bertz CT molecular complexity index is 1820. The van der Waals surface area contributed by atoms with Crippen molar-refractivity contribution >= 4 is 51.1 Å². The molecule has 0 bridgehead atoms. The van der Waals surface area contributed by atoms with E-state index in [-0.39, 0.29) is 12.4 Å². The van der Waals surface area contributed by atoms with Gasteiger partial charge in [-0.1, -0.05) is 35.1 Å². The fraction of sp³-hybridized carbons (Fsp3) is 0.0769. The number of hydrogen-bond acceptors (Lipinski definition) is 6. The molecule has 6 rings (SSSR count). The maximum atomic E-state index is 12.9. The van der Waals surface area contributed by atoms with E-state index in [4.69, 9.17) is 21.3 Å². The molecule has 2 aromatic heterocycles. The minimum atomic E-state index is -0.435. The van der Waals surface area contributed by atoms with Crippen LogP contribution in [0, 0.1) is 0 Å². The first-order valence-corrected chi connectivity index (χ1v) is 12.2. The zero-order valence-electron chi connectivity index (χ0n) is 18.9. The first-order chi connectivity index (χ1) is 17.5. The maximum absolute atomic E-state index is 12.9. The largest absolute Gasteiger partial charge is 0.497 e. The summed E-state index contributed by atoms with van der Waals surface area (Å²) < 4.78 is 6.87. The van der Waals surface area contributed by atoms with Gasteiger partial charge in [-0.15, -0.1) is 0 Å². The van der Waals surface area contributed by atoms with Gasteiger partial charge in [0.05, 0.1) is 41.3 Å². The molecule has 1 amide bonds. The van der Waals surface area contributed by atoms with Gasteiger partial charge in [0.15, 0.2) is 4.80 Å². The number of thiazole rings is 1. The normalized spacial score (nSPS) is 13.3. The number of benzene rings is 3. The number of halogens is 1. The third kappa shape index (κ3) is 3.88. The number of nitrogens with zero attached hydrogens (tertiary/aromatic N) is 4. The van der Waals surface area contributed by atoms with Crippen molar-refractivity contribution in [2.75, 3.05) is 7.11 Å². The number of aromatic hydroxyl groups is 1. The first kappa shape index (κ1) is 22.3. The van der Waals surface area contributed by atoms with E-state index < -0.39 is 5.91 Å². The van der Waals surface area contributed by atoms with Crippen LogP contribution in [0.5, 0.6) is 11.6 Å². The number of para-hydroxylation sites is 2. The lowest BCUT2D eigenvalue weighted by molar-refractivity contribution is -0.112. The highest BCUT2D eigenvalue weighted by Crippen LogP contribution is 2.30. The lowest BCUT2D eigenvalue weighted by Crippen LogP contribution is -2.22. The molecule has 8 nitrogen and oxygen atoms in total. The summed E-state index contributed by atoms with van der Waals surface area (Å²) in [6.45, 7) is 0.215. The monoisotopic (exact) mass is 515 g/mol. The van der Waals surface area contributed by atoms with Gasteiger partial charge in [-0.25, -0.2) is 15.0 Å². The molecule has 0 unspecified atom stereocenters. The average Bonchev–Trinajstić information content (AvgIpc) is 3.53. The van der Waals surface area contributed by atoms with Crippen LogP contribution in [0.15, 0.2) is 76.7 Å². The summed E-state index contributed by atoms with van der Waals surface area (Å²) in [5.74, 6) is 0.818. The number of rotatable bonds is 5. The van der Waals surface area contributed by atoms with Gasteiger partial charge < -0.3 is 14.8 Å². The molecule has 5 aromatic rings. The van der Waals surface area contributed by atoms with Gasteiger partial charge >= 0.3 is 0 Å². The van der Waals surface area contributed by atoms with E-state index in [1.165, 1.54) is 11.3 Å². The summed E-state index contributed by atoms with van der Waals surface area (Å²) in [4.78, 5) is 30.6. The minimum absolute atomic E-state index is 0.0981. The molecule has 36 heavy (non-hydrogen) atoms. The number of ether oxygens (including phenoxy) is 1. The number of aromatic nitrogens is 3. The molecule has 0 saturated heterocycles. The number of amides is 1. The number of nitrogens with one attached hydrogen (secondary N) is 1. The zero-order chi connectivity index (χ0) is 24.8. The van der Waals surface area contributed by atoms with Gasteiger partial charge in [-0.2, -0.15) is 0 Å². The predicted molar refractivity (Wildman–Crippen MR) is 137 cm³/mol. The van der Waals surface area contributed by atoms with Crippen molar-refractivity contribution in [3.05, 3.63) is 97.8 Å². The van der Waals surface area contributed by atoms with E-state index in [0.29, 0.717) is 48.1 Å². The van der Waals surface area contributed by atoms with Crippen LogP contribution in [0.2, 0.25) is 5.02 Å². The highest BCUT2D eigenvalue weighted by molar-refractivity contribution is 7.11. The fourth-order valence-electron chi connectivity index (χ4n) is 4.10. The minimum Gasteiger partial charge on any atom is -0.497 e. The number of H-pyrrole nitrogens is 1. The van der Waals surface area contributed by atoms with Crippen molar-refractivity contribution < 1.29 is 14.6 Å². The Morgan fingerprint density at radius 2 is 1.94 bits per heavy atom. The van der Waals surface area contributed by atoms with Crippen molar-refractivity contribution in [1.82, 2.24) is 14.5 Å². The molecule has 178 valence electrons.